The van der Waals surface area contributed by atoms with E-state index in [4.69, 9.17) is 0 Å². The zero-order valence-corrected chi connectivity index (χ0v) is 14.5. The Morgan fingerprint density at radius 1 is 1.17 bits per heavy atom. The highest BCUT2D eigenvalue weighted by Crippen LogP contribution is 2.21. The van der Waals surface area contributed by atoms with E-state index in [2.05, 4.69) is 20.2 Å². The first-order valence-electron chi connectivity index (χ1n) is 7.75. The first-order valence-corrected chi connectivity index (χ1v) is 8.56. The number of nitrogens with one attached hydrogen (secondary N) is 1. The van der Waals surface area contributed by atoms with Crippen LogP contribution in [-0.4, -0.2) is 52.9 Å². The molecule has 2 aromatic heterocycles. The average Bonchev–Trinajstić information content (AvgIpc) is 2.92. The fraction of sp³-hybridized carbons (Fsp3) is 0.375. The predicted molar refractivity (Wildman–Crippen MR) is 93.2 cm³/mol. The summed E-state index contributed by atoms with van der Waals surface area (Å²) in [5.41, 5.74) is 0.867. The second-order valence-electron chi connectivity index (χ2n) is 5.58. The lowest BCUT2D eigenvalue weighted by molar-refractivity contribution is -0.143. The van der Waals surface area contributed by atoms with Crippen LogP contribution in [0.2, 0.25) is 0 Å². The van der Waals surface area contributed by atoms with Gasteiger partial charge in [0.2, 0.25) is 0 Å². The van der Waals surface area contributed by atoms with Crippen LogP contribution in [0, 0.1) is 13.8 Å². The smallest absolute Gasteiger partial charge is 0.315 e. The second-order valence-corrected chi connectivity index (χ2v) is 6.79. The molecular formula is C16H19N5O2S. The van der Waals surface area contributed by atoms with Gasteiger partial charge < -0.3 is 9.80 Å². The highest BCUT2D eigenvalue weighted by atomic mass is 32.1. The van der Waals surface area contributed by atoms with Gasteiger partial charge in [-0.1, -0.05) is 6.07 Å². The fourth-order valence-electron chi connectivity index (χ4n) is 2.50. The zero-order valence-electron chi connectivity index (χ0n) is 13.7. The molecule has 1 N–H and O–H groups in total. The molecule has 8 heteroatoms. The minimum atomic E-state index is -0.630. The van der Waals surface area contributed by atoms with Gasteiger partial charge in [-0.15, -0.1) is 11.3 Å². The van der Waals surface area contributed by atoms with E-state index in [0.29, 0.717) is 31.3 Å². The third-order valence-electron chi connectivity index (χ3n) is 3.98. The molecular weight excluding hydrogens is 326 g/mol. The molecule has 1 fully saturated rings. The van der Waals surface area contributed by atoms with Gasteiger partial charge in [0, 0.05) is 37.3 Å². The summed E-state index contributed by atoms with van der Waals surface area (Å²) < 4.78 is 0. The van der Waals surface area contributed by atoms with Crippen LogP contribution in [0.5, 0.6) is 0 Å². The summed E-state index contributed by atoms with van der Waals surface area (Å²) in [5, 5.41) is 3.06. The molecule has 3 rings (SSSR count). The summed E-state index contributed by atoms with van der Waals surface area (Å²) in [7, 11) is 0. The number of piperazine rings is 1. The van der Waals surface area contributed by atoms with Crippen LogP contribution < -0.4 is 10.2 Å². The van der Waals surface area contributed by atoms with Crippen molar-refractivity contribution >= 4 is 34.1 Å². The van der Waals surface area contributed by atoms with Crippen molar-refractivity contribution in [2.45, 2.75) is 13.8 Å². The Labute approximate surface area is 144 Å². The lowest BCUT2D eigenvalue weighted by Crippen LogP contribution is -2.51. The summed E-state index contributed by atoms with van der Waals surface area (Å²) in [4.78, 5) is 37.7. The number of nitrogens with zero attached hydrogens (tertiary/aromatic N) is 4. The Morgan fingerprint density at radius 2 is 1.92 bits per heavy atom. The van der Waals surface area contributed by atoms with Crippen molar-refractivity contribution in [1.29, 1.82) is 0 Å². The minimum Gasteiger partial charge on any atom is -0.353 e. The number of carbonyl (C=O) groups excluding carboxylic acids is 2. The number of thiazole rings is 1. The molecule has 0 spiro atoms. The molecule has 0 saturated carbocycles. The van der Waals surface area contributed by atoms with E-state index in [1.807, 2.05) is 32.0 Å². The van der Waals surface area contributed by atoms with Crippen LogP contribution in [0.3, 0.4) is 0 Å². The van der Waals surface area contributed by atoms with E-state index < -0.39 is 11.8 Å². The monoisotopic (exact) mass is 345 g/mol. The lowest BCUT2D eigenvalue weighted by atomic mass is 10.3. The maximum Gasteiger partial charge on any atom is 0.315 e. The van der Waals surface area contributed by atoms with E-state index in [9.17, 15) is 9.59 Å². The van der Waals surface area contributed by atoms with Gasteiger partial charge in [-0.25, -0.2) is 9.97 Å². The molecule has 1 aliphatic rings. The highest BCUT2D eigenvalue weighted by Gasteiger charge is 2.27. The van der Waals surface area contributed by atoms with Crippen LogP contribution in [-0.2, 0) is 9.59 Å². The Bertz CT molecular complexity index is 719. The molecule has 0 aromatic carbocycles. The summed E-state index contributed by atoms with van der Waals surface area (Å²) in [6, 6.07) is 5.75. The van der Waals surface area contributed by atoms with E-state index in [0.717, 1.165) is 16.4 Å². The first kappa shape index (κ1) is 16.4. The predicted octanol–water partition coefficient (Wildman–Crippen LogP) is 1.44. The van der Waals surface area contributed by atoms with Gasteiger partial charge in [0.15, 0.2) is 5.13 Å². The quantitative estimate of drug-likeness (QED) is 0.834. The summed E-state index contributed by atoms with van der Waals surface area (Å²) in [6.07, 6.45) is 1.75. The molecule has 0 atom stereocenters. The fourth-order valence-corrected chi connectivity index (χ4v) is 3.31. The number of amides is 2. The van der Waals surface area contributed by atoms with E-state index >= 15 is 0 Å². The molecule has 0 bridgehead atoms. The summed E-state index contributed by atoms with van der Waals surface area (Å²) >= 11 is 1.37. The van der Waals surface area contributed by atoms with Gasteiger partial charge in [0.05, 0.1) is 5.69 Å². The van der Waals surface area contributed by atoms with Crippen LogP contribution in [0.15, 0.2) is 24.4 Å². The molecule has 0 unspecified atom stereocenters. The molecule has 2 amide bonds. The Hall–Kier alpha value is -2.48. The number of pyridine rings is 1. The topological polar surface area (TPSA) is 78.4 Å². The first-order chi connectivity index (χ1) is 11.5. The summed E-state index contributed by atoms with van der Waals surface area (Å²) in [6.45, 7) is 6.12. The molecule has 0 radical (unpaired) electrons. The molecule has 7 nitrogen and oxygen atoms in total. The number of aromatic nitrogens is 2. The van der Waals surface area contributed by atoms with Crippen molar-refractivity contribution in [3.8, 4) is 0 Å². The minimum absolute atomic E-state index is 0.468. The molecule has 3 heterocycles. The third kappa shape index (κ3) is 3.53. The van der Waals surface area contributed by atoms with Gasteiger partial charge in [0.1, 0.15) is 5.82 Å². The van der Waals surface area contributed by atoms with Gasteiger partial charge in [-0.3, -0.25) is 14.9 Å². The van der Waals surface area contributed by atoms with Crippen molar-refractivity contribution in [3.63, 3.8) is 0 Å². The second kappa shape index (κ2) is 6.96. The molecule has 126 valence electrons. The highest BCUT2D eigenvalue weighted by molar-refractivity contribution is 7.15. The van der Waals surface area contributed by atoms with Crippen molar-refractivity contribution in [3.05, 3.63) is 35.0 Å². The van der Waals surface area contributed by atoms with Gasteiger partial charge in [-0.05, 0) is 26.0 Å². The Kier molecular flexibility index (Phi) is 4.75. The van der Waals surface area contributed by atoms with Crippen LogP contribution >= 0.6 is 11.3 Å². The third-order valence-corrected chi connectivity index (χ3v) is 4.97. The molecule has 0 aliphatic carbocycles. The number of hydrogen-bond acceptors (Lipinski definition) is 6. The Balaban J connectivity index is 1.55. The normalized spacial score (nSPS) is 14.6. The van der Waals surface area contributed by atoms with Crippen molar-refractivity contribution in [2.75, 3.05) is 36.4 Å². The lowest BCUT2D eigenvalue weighted by Gasteiger charge is -2.34. The zero-order chi connectivity index (χ0) is 17.1. The van der Waals surface area contributed by atoms with Crippen molar-refractivity contribution in [2.24, 2.45) is 0 Å². The van der Waals surface area contributed by atoms with E-state index in [1.54, 1.807) is 11.1 Å². The summed E-state index contributed by atoms with van der Waals surface area (Å²) in [5.74, 6) is -0.251. The number of carbonyl (C=O) groups is 2. The molecule has 2 aromatic rings. The van der Waals surface area contributed by atoms with Gasteiger partial charge in [0.25, 0.3) is 0 Å². The maximum absolute atomic E-state index is 12.3. The van der Waals surface area contributed by atoms with Crippen molar-refractivity contribution < 1.29 is 9.59 Å². The number of hydrogen-bond donors (Lipinski definition) is 1. The number of anilines is 2. The van der Waals surface area contributed by atoms with Crippen LogP contribution in [0.25, 0.3) is 0 Å². The SMILES string of the molecule is Cc1nc(NC(=O)C(=O)N2CCN(c3ccccn3)CC2)sc1C. The average molecular weight is 345 g/mol. The van der Waals surface area contributed by atoms with Crippen molar-refractivity contribution in [1.82, 2.24) is 14.9 Å². The molecule has 24 heavy (non-hydrogen) atoms. The number of rotatable bonds is 2. The Morgan fingerprint density at radius 3 is 2.50 bits per heavy atom. The maximum atomic E-state index is 12.3. The van der Waals surface area contributed by atoms with Crippen LogP contribution in [0.1, 0.15) is 10.6 Å². The molecule has 1 aliphatic heterocycles. The largest absolute Gasteiger partial charge is 0.353 e. The van der Waals surface area contributed by atoms with E-state index in [-0.39, 0.29) is 0 Å². The number of aryl methyl sites for hydroxylation is 2. The molecule has 1 saturated heterocycles. The van der Waals surface area contributed by atoms with Gasteiger partial charge >= 0.3 is 11.8 Å². The standard InChI is InChI=1S/C16H19N5O2S/c1-11-12(2)24-16(18-11)19-14(22)15(23)21-9-7-20(8-10-21)13-5-3-4-6-17-13/h3-6H,7-10H2,1-2H3,(H,18,19,22). The van der Waals surface area contributed by atoms with E-state index in [1.165, 1.54) is 11.3 Å². The van der Waals surface area contributed by atoms with Gasteiger partial charge in [-0.2, -0.15) is 0 Å². The van der Waals surface area contributed by atoms with Crippen LogP contribution in [0.4, 0.5) is 10.9 Å².